The summed E-state index contributed by atoms with van der Waals surface area (Å²) in [5.74, 6) is 2.54. The Morgan fingerprint density at radius 3 is 3.05 bits per heavy atom. The molecule has 0 amide bonds. The molecular weight excluding hydrogens is 240 g/mol. The average molecular weight is 264 g/mol. The van der Waals surface area contributed by atoms with Gasteiger partial charge in [0.2, 0.25) is 0 Å². The Morgan fingerprint density at radius 1 is 1.47 bits per heavy atom. The second-order valence-electron chi connectivity index (χ2n) is 5.17. The molecule has 5 heteroatoms. The molecule has 1 aliphatic rings. The molecule has 0 saturated carbocycles. The molecule has 1 aliphatic heterocycles. The van der Waals surface area contributed by atoms with Gasteiger partial charge in [-0.25, -0.2) is 9.97 Å². The lowest BCUT2D eigenvalue weighted by Gasteiger charge is -2.34. The summed E-state index contributed by atoms with van der Waals surface area (Å²) in [6.45, 7) is 7.33. The first-order valence-corrected chi connectivity index (χ1v) is 7.17. The van der Waals surface area contributed by atoms with Gasteiger partial charge < -0.3 is 15.3 Å². The lowest BCUT2D eigenvalue weighted by atomic mass is 9.95. The zero-order chi connectivity index (χ0) is 13.7. The number of hydrogen-bond donors (Lipinski definition) is 2. The van der Waals surface area contributed by atoms with Crippen LogP contribution in [0.2, 0.25) is 0 Å². The maximum absolute atomic E-state index is 9.09. The van der Waals surface area contributed by atoms with Crippen LogP contribution < -0.4 is 10.2 Å². The summed E-state index contributed by atoms with van der Waals surface area (Å²) in [5, 5.41) is 12.4. The minimum Gasteiger partial charge on any atom is -0.396 e. The summed E-state index contributed by atoms with van der Waals surface area (Å²) < 4.78 is 0. The third-order valence-corrected chi connectivity index (χ3v) is 3.76. The van der Waals surface area contributed by atoms with Gasteiger partial charge in [-0.3, -0.25) is 0 Å². The normalized spacial score (nSPS) is 19.5. The van der Waals surface area contributed by atoms with Crippen LogP contribution in [0, 0.1) is 12.8 Å². The molecule has 1 saturated heterocycles. The molecule has 2 rings (SSSR count). The summed E-state index contributed by atoms with van der Waals surface area (Å²) in [7, 11) is 0. The Morgan fingerprint density at radius 2 is 2.32 bits per heavy atom. The summed E-state index contributed by atoms with van der Waals surface area (Å²) in [6, 6.07) is 0. The van der Waals surface area contributed by atoms with Crippen LogP contribution in [0.5, 0.6) is 0 Å². The van der Waals surface area contributed by atoms with E-state index >= 15 is 0 Å². The van der Waals surface area contributed by atoms with Crippen molar-refractivity contribution in [1.82, 2.24) is 9.97 Å². The molecule has 1 unspecified atom stereocenters. The fourth-order valence-corrected chi connectivity index (χ4v) is 2.78. The maximum atomic E-state index is 9.09. The number of hydrogen-bond acceptors (Lipinski definition) is 5. The molecule has 1 fully saturated rings. The molecule has 2 heterocycles. The molecule has 0 radical (unpaired) electrons. The Balaban J connectivity index is 2.14. The minimum absolute atomic E-state index is 0.282. The highest BCUT2D eigenvalue weighted by Gasteiger charge is 2.22. The van der Waals surface area contributed by atoms with Crippen molar-refractivity contribution in [2.24, 2.45) is 5.92 Å². The van der Waals surface area contributed by atoms with E-state index in [0.717, 1.165) is 43.3 Å². The predicted molar refractivity (Wildman–Crippen MR) is 77.6 cm³/mol. The first-order valence-electron chi connectivity index (χ1n) is 7.17. The third-order valence-electron chi connectivity index (χ3n) is 3.76. The average Bonchev–Trinajstić information content (AvgIpc) is 2.42. The molecule has 1 aromatic rings. The van der Waals surface area contributed by atoms with Crippen molar-refractivity contribution in [3.8, 4) is 0 Å². The number of rotatable bonds is 5. The monoisotopic (exact) mass is 264 g/mol. The molecule has 5 nitrogen and oxygen atoms in total. The van der Waals surface area contributed by atoms with Crippen molar-refractivity contribution >= 4 is 11.6 Å². The van der Waals surface area contributed by atoms with E-state index in [1.807, 2.05) is 0 Å². The first kappa shape index (κ1) is 14.1. The van der Waals surface area contributed by atoms with E-state index < -0.39 is 0 Å². The van der Waals surface area contributed by atoms with Crippen LogP contribution in [0.3, 0.4) is 0 Å². The molecule has 0 aliphatic carbocycles. The number of piperidine rings is 1. The highest BCUT2D eigenvalue weighted by atomic mass is 16.3. The van der Waals surface area contributed by atoms with Crippen molar-refractivity contribution in [2.45, 2.75) is 33.1 Å². The van der Waals surface area contributed by atoms with Crippen LogP contribution in [0.15, 0.2) is 6.33 Å². The molecule has 1 atom stereocenters. The van der Waals surface area contributed by atoms with Crippen molar-refractivity contribution in [1.29, 1.82) is 0 Å². The largest absolute Gasteiger partial charge is 0.396 e. The molecule has 2 N–H and O–H groups in total. The van der Waals surface area contributed by atoms with Crippen LogP contribution in [0.25, 0.3) is 0 Å². The van der Waals surface area contributed by atoms with Gasteiger partial charge in [0.25, 0.3) is 0 Å². The van der Waals surface area contributed by atoms with Gasteiger partial charge in [0.05, 0.1) is 0 Å². The molecule has 19 heavy (non-hydrogen) atoms. The molecule has 1 aromatic heterocycles. The zero-order valence-electron chi connectivity index (χ0n) is 11.9. The van der Waals surface area contributed by atoms with E-state index in [9.17, 15) is 0 Å². The second kappa shape index (κ2) is 6.70. The highest BCUT2D eigenvalue weighted by molar-refractivity contribution is 5.58. The van der Waals surface area contributed by atoms with E-state index in [4.69, 9.17) is 5.11 Å². The third kappa shape index (κ3) is 3.35. The lowest BCUT2D eigenvalue weighted by molar-refractivity contribution is 0.244. The molecule has 106 valence electrons. The number of nitrogens with one attached hydrogen (secondary N) is 1. The lowest BCUT2D eigenvalue weighted by Crippen LogP contribution is -2.36. The summed E-state index contributed by atoms with van der Waals surface area (Å²) in [4.78, 5) is 11.1. The first-order chi connectivity index (χ1) is 9.26. The van der Waals surface area contributed by atoms with Gasteiger partial charge in [-0.15, -0.1) is 0 Å². The van der Waals surface area contributed by atoms with Gasteiger partial charge >= 0.3 is 0 Å². The molecular formula is C14H24N4O. The number of aliphatic hydroxyl groups is 1. The number of anilines is 2. The number of aromatic nitrogens is 2. The zero-order valence-corrected chi connectivity index (χ0v) is 11.9. The second-order valence-corrected chi connectivity index (χ2v) is 5.17. The van der Waals surface area contributed by atoms with Crippen molar-refractivity contribution < 1.29 is 5.11 Å². The van der Waals surface area contributed by atoms with Crippen LogP contribution in [0.1, 0.15) is 31.7 Å². The standard InChI is InChI=1S/C14H24N4O/c1-3-15-13-11(2)14(17-10-16-13)18-7-4-5-12(9-18)6-8-19/h10,12,19H,3-9H2,1-2H3,(H,15,16,17). The van der Waals surface area contributed by atoms with Gasteiger partial charge in [-0.05, 0) is 39.0 Å². The summed E-state index contributed by atoms with van der Waals surface area (Å²) >= 11 is 0. The van der Waals surface area contributed by atoms with Gasteiger partial charge in [0.15, 0.2) is 0 Å². The van der Waals surface area contributed by atoms with Crippen LogP contribution in [-0.4, -0.2) is 41.3 Å². The number of nitrogens with zero attached hydrogens (tertiary/aromatic N) is 3. The predicted octanol–water partition coefficient (Wildman–Crippen LogP) is 1.82. The Labute approximate surface area is 115 Å². The fourth-order valence-electron chi connectivity index (χ4n) is 2.78. The minimum atomic E-state index is 0.282. The summed E-state index contributed by atoms with van der Waals surface area (Å²) in [5.41, 5.74) is 1.12. The highest BCUT2D eigenvalue weighted by Crippen LogP contribution is 2.27. The summed E-state index contributed by atoms with van der Waals surface area (Å²) in [6.07, 6.45) is 4.91. The van der Waals surface area contributed by atoms with Crippen molar-refractivity contribution in [3.63, 3.8) is 0 Å². The topological polar surface area (TPSA) is 61.3 Å². The van der Waals surface area contributed by atoms with Gasteiger partial charge in [-0.2, -0.15) is 0 Å². The molecule has 0 aromatic carbocycles. The quantitative estimate of drug-likeness (QED) is 0.849. The van der Waals surface area contributed by atoms with Crippen molar-refractivity contribution in [2.75, 3.05) is 36.5 Å². The van der Waals surface area contributed by atoms with Gasteiger partial charge in [0, 0.05) is 31.8 Å². The van der Waals surface area contributed by atoms with Gasteiger partial charge in [-0.1, -0.05) is 0 Å². The van der Waals surface area contributed by atoms with E-state index in [1.54, 1.807) is 6.33 Å². The molecule has 0 spiro atoms. The van der Waals surface area contributed by atoms with E-state index in [0.29, 0.717) is 5.92 Å². The van der Waals surface area contributed by atoms with E-state index in [1.165, 1.54) is 12.8 Å². The Bertz CT molecular complexity index is 408. The van der Waals surface area contributed by atoms with E-state index in [2.05, 4.69) is 34.0 Å². The Hall–Kier alpha value is -1.36. The SMILES string of the molecule is CCNc1ncnc(N2CCCC(CCO)C2)c1C. The van der Waals surface area contributed by atoms with Crippen LogP contribution in [0.4, 0.5) is 11.6 Å². The van der Waals surface area contributed by atoms with E-state index in [-0.39, 0.29) is 6.61 Å². The Kier molecular flexibility index (Phi) is 4.96. The maximum Gasteiger partial charge on any atom is 0.137 e. The molecule has 0 bridgehead atoms. The van der Waals surface area contributed by atoms with Crippen LogP contribution in [-0.2, 0) is 0 Å². The smallest absolute Gasteiger partial charge is 0.137 e. The van der Waals surface area contributed by atoms with Crippen LogP contribution >= 0.6 is 0 Å². The van der Waals surface area contributed by atoms with Gasteiger partial charge in [0.1, 0.15) is 18.0 Å². The number of aliphatic hydroxyl groups excluding tert-OH is 1. The van der Waals surface area contributed by atoms with Crippen molar-refractivity contribution in [3.05, 3.63) is 11.9 Å². The fraction of sp³-hybridized carbons (Fsp3) is 0.714.